The highest BCUT2D eigenvalue weighted by Gasteiger charge is 2.15. The zero-order chi connectivity index (χ0) is 21.4. The highest BCUT2D eigenvalue weighted by Crippen LogP contribution is 2.35. The molecule has 0 aliphatic heterocycles. The van der Waals surface area contributed by atoms with Gasteiger partial charge in [-0.2, -0.15) is 0 Å². The Hall–Kier alpha value is -4.20. The van der Waals surface area contributed by atoms with Crippen LogP contribution < -0.4 is 0 Å². The lowest BCUT2D eigenvalue weighted by Crippen LogP contribution is -1.90. The number of phenols is 2. The summed E-state index contributed by atoms with van der Waals surface area (Å²) in [6, 6.07) is 12.2. The third-order valence-corrected chi connectivity index (χ3v) is 4.61. The first-order chi connectivity index (χ1) is 14.3. The van der Waals surface area contributed by atoms with Crippen LogP contribution in [-0.4, -0.2) is 26.3 Å². The number of hydrogen-bond acceptors (Lipinski definition) is 7. The van der Waals surface area contributed by atoms with E-state index in [9.17, 15) is 20.3 Å². The van der Waals surface area contributed by atoms with Crippen molar-refractivity contribution in [1.29, 1.82) is 0 Å². The van der Waals surface area contributed by atoms with Crippen molar-refractivity contribution in [3.63, 3.8) is 0 Å². The molecule has 0 spiro atoms. The van der Waals surface area contributed by atoms with Gasteiger partial charge in [0.05, 0.1) is 16.2 Å². The molecule has 2 N–H and O–H groups in total. The van der Waals surface area contributed by atoms with Gasteiger partial charge in [0.25, 0.3) is 5.69 Å². The molecule has 4 rings (SSSR count). The third kappa shape index (κ3) is 3.58. The molecule has 1 aromatic heterocycles. The van der Waals surface area contributed by atoms with Gasteiger partial charge in [0.1, 0.15) is 17.0 Å². The van der Waals surface area contributed by atoms with Crippen molar-refractivity contribution in [2.75, 3.05) is 0 Å². The molecule has 3 aromatic carbocycles. The van der Waals surface area contributed by atoms with Crippen LogP contribution in [0.1, 0.15) is 16.7 Å². The first-order valence-electron chi connectivity index (χ1n) is 9.04. The number of aryl methyl sites for hydroxylation is 2. The first kappa shape index (κ1) is 19.1. The third-order valence-electron chi connectivity index (χ3n) is 4.61. The summed E-state index contributed by atoms with van der Waals surface area (Å²) in [6.45, 7) is 3.90. The Kier molecular flexibility index (Phi) is 4.67. The highest BCUT2D eigenvalue weighted by molar-refractivity contribution is 5.87. The highest BCUT2D eigenvalue weighted by atomic mass is 16.6. The standard InChI is InChI=1S/C22H17N3O5/c1-12-7-13(2)21-18(8-12)24-22(30-21)17-10-15(3-5-20(17)27)23-11-14-9-16(25(28)29)4-6-19(14)26/h3-11,26-27H,1-2H3. The zero-order valence-electron chi connectivity index (χ0n) is 16.2. The van der Waals surface area contributed by atoms with Gasteiger partial charge in [-0.15, -0.1) is 0 Å². The van der Waals surface area contributed by atoms with Crippen LogP contribution in [0.25, 0.3) is 22.6 Å². The van der Waals surface area contributed by atoms with Crippen LogP contribution in [0.4, 0.5) is 11.4 Å². The monoisotopic (exact) mass is 403 g/mol. The average molecular weight is 403 g/mol. The lowest BCUT2D eigenvalue weighted by atomic mass is 10.1. The second kappa shape index (κ2) is 7.32. The zero-order valence-corrected chi connectivity index (χ0v) is 16.2. The molecule has 0 aliphatic carbocycles. The largest absolute Gasteiger partial charge is 0.507 e. The Morgan fingerprint density at radius 2 is 1.83 bits per heavy atom. The van der Waals surface area contributed by atoms with Crippen LogP contribution in [0, 0.1) is 24.0 Å². The van der Waals surface area contributed by atoms with E-state index in [1.807, 2.05) is 26.0 Å². The lowest BCUT2D eigenvalue weighted by molar-refractivity contribution is -0.384. The van der Waals surface area contributed by atoms with Crippen LogP contribution in [0.15, 0.2) is 57.9 Å². The van der Waals surface area contributed by atoms with Gasteiger partial charge in [-0.3, -0.25) is 15.1 Å². The Bertz CT molecular complexity index is 1320. The molecule has 0 saturated heterocycles. The Balaban J connectivity index is 1.73. The summed E-state index contributed by atoms with van der Waals surface area (Å²) in [5.41, 5.74) is 4.19. The van der Waals surface area contributed by atoms with E-state index in [1.54, 1.807) is 12.1 Å². The Morgan fingerprint density at radius 1 is 1.07 bits per heavy atom. The van der Waals surface area contributed by atoms with Crippen molar-refractivity contribution in [3.8, 4) is 23.0 Å². The Morgan fingerprint density at radius 3 is 2.60 bits per heavy atom. The van der Waals surface area contributed by atoms with Crippen molar-refractivity contribution >= 4 is 28.7 Å². The predicted molar refractivity (Wildman–Crippen MR) is 113 cm³/mol. The lowest BCUT2D eigenvalue weighted by Gasteiger charge is -2.02. The number of nitro groups is 1. The minimum absolute atomic E-state index is 0.0203. The predicted octanol–water partition coefficient (Wildman–Crippen LogP) is 5.18. The van der Waals surface area contributed by atoms with Gasteiger partial charge in [0.15, 0.2) is 5.58 Å². The molecule has 0 unspecified atom stereocenters. The summed E-state index contributed by atoms with van der Waals surface area (Å²) in [5, 5.41) is 31.1. The number of hydrogen-bond donors (Lipinski definition) is 2. The van der Waals surface area contributed by atoms with E-state index in [4.69, 9.17) is 4.42 Å². The normalized spacial score (nSPS) is 11.4. The number of rotatable bonds is 4. The summed E-state index contributed by atoms with van der Waals surface area (Å²) in [6.07, 6.45) is 1.32. The minimum Gasteiger partial charge on any atom is -0.507 e. The number of non-ortho nitro benzene ring substituents is 1. The molecule has 0 radical (unpaired) electrons. The quantitative estimate of drug-likeness (QED) is 0.275. The molecule has 0 atom stereocenters. The van der Waals surface area contributed by atoms with Gasteiger partial charge in [-0.1, -0.05) is 6.07 Å². The summed E-state index contributed by atoms with van der Waals surface area (Å²) < 4.78 is 5.86. The second-order valence-corrected chi connectivity index (χ2v) is 6.91. The molecule has 4 aromatic rings. The van der Waals surface area contributed by atoms with Gasteiger partial charge in [-0.25, -0.2) is 4.98 Å². The average Bonchev–Trinajstić information content (AvgIpc) is 3.12. The molecule has 8 nitrogen and oxygen atoms in total. The molecule has 0 bridgehead atoms. The molecule has 1 heterocycles. The molecule has 0 aliphatic rings. The van der Waals surface area contributed by atoms with Crippen molar-refractivity contribution in [3.05, 3.63) is 75.3 Å². The van der Waals surface area contributed by atoms with E-state index >= 15 is 0 Å². The number of phenolic OH excluding ortho intramolecular Hbond substituents is 2. The number of nitro benzene ring substituents is 1. The van der Waals surface area contributed by atoms with E-state index in [0.717, 1.165) is 11.1 Å². The topological polar surface area (TPSA) is 122 Å². The number of oxazole rings is 1. The van der Waals surface area contributed by atoms with Gasteiger partial charge in [0, 0.05) is 23.9 Å². The molecule has 150 valence electrons. The van der Waals surface area contributed by atoms with Gasteiger partial charge < -0.3 is 14.6 Å². The fourth-order valence-electron chi connectivity index (χ4n) is 3.17. The second-order valence-electron chi connectivity index (χ2n) is 6.91. The summed E-state index contributed by atoms with van der Waals surface area (Å²) in [5.74, 6) is 0.104. The number of fused-ring (bicyclic) bond motifs is 1. The number of benzene rings is 3. The molecular formula is C22H17N3O5. The minimum atomic E-state index is -0.549. The van der Waals surface area contributed by atoms with E-state index in [0.29, 0.717) is 22.4 Å². The van der Waals surface area contributed by atoms with Gasteiger partial charge in [-0.05, 0) is 55.3 Å². The van der Waals surface area contributed by atoms with Crippen LogP contribution >= 0.6 is 0 Å². The molecule has 0 fully saturated rings. The molecule has 8 heteroatoms. The fourth-order valence-corrected chi connectivity index (χ4v) is 3.17. The molecular weight excluding hydrogens is 386 g/mol. The molecule has 0 amide bonds. The van der Waals surface area contributed by atoms with Crippen LogP contribution in [0.3, 0.4) is 0 Å². The van der Waals surface area contributed by atoms with Gasteiger partial charge >= 0.3 is 0 Å². The molecule has 30 heavy (non-hydrogen) atoms. The van der Waals surface area contributed by atoms with E-state index in [-0.39, 0.29) is 28.6 Å². The van der Waals surface area contributed by atoms with Crippen LogP contribution in [-0.2, 0) is 0 Å². The maximum atomic E-state index is 10.9. The first-order valence-corrected chi connectivity index (χ1v) is 9.04. The smallest absolute Gasteiger partial charge is 0.270 e. The van der Waals surface area contributed by atoms with Crippen LogP contribution in [0.2, 0.25) is 0 Å². The van der Waals surface area contributed by atoms with Gasteiger partial charge in [0.2, 0.25) is 5.89 Å². The van der Waals surface area contributed by atoms with Crippen molar-refractivity contribution in [2.45, 2.75) is 13.8 Å². The maximum Gasteiger partial charge on any atom is 0.270 e. The summed E-state index contributed by atoms with van der Waals surface area (Å²) in [7, 11) is 0. The van der Waals surface area contributed by atoms with Crippen LogP contribution in [0.5, 0.6) is 11.5 Å². The van der Waals surface area contributed by atoms with E-state index in [1.165, 1.54) is 30.5 Å². The Labute approximate surface area is 170 Å². The number of aliphatic imine (C=N–C) groups is 1. The van der Waals surface area contributed by atoms with Crippen molar-refractivity contribution in [2.24, 2.45) is 4.99 Å². The van der Waals surface area contributed by atoms with Crippen molar-refractivity contribution in [1.82, 2.24) is 4.98 Å². The fraction of sp³-hybridized carbons (Fsp3) is 0.0909. The maximum absolute atomic E-state index is 10.9. The molecule has 0 saturated carbocycles. The van der Waals surface area contributed by atoms with E-state index < -0.39 is 4.92 Å². The summed E-state index contributed by atoms with van der Waals surface area (Å²) in [4.78, 5) is 19.1. The number of aromatic hydroxyl groups is 2. The number of nitrogens with zero attached hydrogens (tertiary/aromatic N) is 3. The van der Waals surface area contributed by atoms with E-state index in [2.05, 4.69) is 9.98 Å². The number of aromatic nitrogens is 1. The van der Waals surface area contributed by atoms with Crippen molar-refractivity contribution < 1.29 is 19.6 Å². The summed E-state index contributed by atoms with van der Waals surface area (Å²) >= 11 is 0. The SMILES string of the molecule is Cc1cc(C)c2oc(-c3cc(N=Cc4cc([N+](=O)[O-])ccc4O)ccc3O)nc2c1.